The summed E-state index contributed by atoms with van der Waals surface area (Å²) in [5.74, 6) is 0.668. The van der Waals surface area contributed by atoms with Gasteiger partial charge in [-0.1, -0.05) is 18.2 Å². The second-order valence-electron chi connectivity index (χ2n) is 8.91. The number of aryl methyl sites for hydroxylation is 1. The van der Waals surface area contributed by atoms with Crippen molar-refractivity contribution in [3.63, 3.8) is 0 Å². The van der Waals surface area contributed by atoms with Gasteiger partial charge in [0.2, 0.25) is 5.91 Å². The molecular weight excluding hydrogens is 372 g/mol. The number of hydrogen-bond acceptors (Lipinski definition) is 4. The van der Waals surface area contributed by atoms with Crippen LogP contribution >= 0.6 is 0 Å². The molecule has 2 aromatic rings. The molecule has 0 spiro atoms. The number of nitrogens with one attached hydrogen (secondary N) is 1. The molecule has 0 saturated carbocycles. The van der Waals surface area contributed by atoms with Gasteiger partial charge in [-0.25, -0.2) is 0 Å². The fraction of sp³-hybridized carbons (Fsp3) is 0.520. The minimum Gasteiger partial charge on any atom is -0.326 e. The summed E-state index contributed by atoms with van der Waals surface area (Å²) < 4.78 is 0. The largest absolute Gasteiger partial charge is 0.326 e. The van der Waals surface area contributed by atoms with Crippen LogP contribution in [0.2, 0.25) is 0 Å². The summed E-state index contributed by atoms with van der Waals surface area (Å²) in [5.41, 5.74) is 3.34. The normalized spacial score (nSPS) is 22.8. The Labute approximate surface area is 180 Å². The molecule has 2 saturated heterocycles. The zero-order valence-electron chi connectivity index (χ0n) is 18.1. The van der Waals surface area contributed by atoms with Crippen molar-refractivity contribution in [2.24, 2.45) is 5.92 Å². The number of amides is 1. The van der Waals surface area contributed by atoms with Gasteiger partial charge in [0.25, 0.3) is 0 Å². The number of nitrogens with zero attached hydrogens (tertiary/aromatic N) is 3. The van der Waals surface area contributed by atoms with E-state index in [1.165, 1.54) is 43.5 Å². The van der Waals surface area contributed by atoms with Crippen molar-refractivity contribution in [2.75, 3.05) is 31.5 Å². The first kappa shape index (κ1) is 21.0. The molecule has 3 heterocycles. The monoisotopic (exact) mass is 406 g/mol. The van der Waals surface area contributed by atoms with E-state index in [1.807, 2.05) is 36.7 Å². The number of carbonyl (C=O) groups excluding carboxylic acids is 1. The molecule has 0 unspecified atom stereocenters. The number of aromatic nitrogens is 1. The Morgan fingerprint density at radius 1 is 1.17 bits per heavy atom. The predicted molar refractivity (Wildman–Crippen MR) is 121 cm³/mol. The van der Waals surface area contributed by atoms with Crippen LogP contribution in [0.1, 0.15) is 43.2 Å². The van der Waals surface area contributed by atoms with Gasteiger partial charge in [0, 0.05) is 43.6 Å². The van der Waals surface area contributed by atoms with Crippen LogP contribution in [0.4, 0.5) is 5.69 Å². The summed E-state index contributed by atoms with van der Waals surface area (Å²) in [4.78, 5) is 22.1. The number of benzene rings is 1. The Bertz CT molecular complexity index is 819. The Morgan fingerprint density at radius 2 is 2.03 bits per heavy atom. The van der Waals surface area contributed by atoms with Crippen LogP contribution in [0.3, 0.4) is 0 Å². The summed E-state index contributed by atoms with van der Waals surface area (Å²) in [6.07, 6.45) is 9.17. The second kappa shape index (κ2) is 10.2. The van der Waals surface area contributed by atoms with E-state index in [2.05, 4.69) is 39.2 Å². The Hall–Kier alpha value is -2.24. The molecule has 0 radical (unpaired) electrons. The van der Waals surface area contributed by atoms with Gasteiger partial charge in [-0.05, 0) is 87.5 Å². The van der Waals surface area contributed by atoms with Crippen molar-refractivity contribution in [1.82, 2.24) is 14.8 Å². The quantitative estimate of drug-likeness (QED) is 0.752. The van der Waals surface area contributed by atoms with Gasteiger partial charge in [0.15, 0.2) is 0 Å². The SMILES string of the molecule is Cc1cccc(NC(=O)CC[C@H]2CN(Cc3cccnc3)CC[C@H]2N2CCCC2)c1. The molecule has 4 rings (SSSR count). The van der Waals surface area contributed by atoms with Gasteiger partial charge in [0.1, 0.15) is 0 Å². The topological polar surface area (TPSA) is 48.5 Å². The number of piperidine rings is 1. The molecule has 1 amide bonds. The highest BCUT2D eigenvalue weighted by atomic mass is 16.1. The maximum Gasteiger partial charge on any atom is 0.224 e. The van der Waals surface area contributed by atoms with Gasteiger partial charge in [-0.2, -0.15) is 0 Å². The second-order valence-corrected chi connectivity index (χ2v) is 8.91. The zero-order chi connectivity index (χ0) is 20.8. The molecule has 1 N–H and O–H groups in total. The summed E-state index contributed by atoms with van der Waals surface area (Å²) in [5, 5.41) is 3.08. The zero-order valence-corrected chi connectivity index (χ0v) is 18.1. The molecular formula is C25H34N4O. The fourth-order valence-electron chi connectivity index (χ4n) is 5.09. The van der Waals surface area contributed by atoms with Crippen LogP contribution < -0.4 is 5.32 Å². The molecule has 1 aromatic heterocycles. The summed E-state index contributed by atoms with van der Waals surface area (Å²) >= 11 is 0. The first-order chi connectivity index (χ1) is 14.7. The molecule has 5 nitrogen and oxygen atoms in total. The third-order valence-electron chi connectivity index (χ3n) is 6.56. The average Bonchev–Trinajstić information content (AvgIpc) is 3.28. The van der Waals surface area contributed by atoms with E-state index in [9.17, 15) is 4.79 Å². The van der Waals surface area contributed by atoms with Crippen molar-refractivity contribution in [3.8, 4) is 0 Å². The summed E-state index contributed by atoms with van der Waals surface area (Å²) in [6.45, 7) is 7.63. The molecule has 30 heavy (non-hydrogen) atoms. The fourth-order valence-corrected chi connectivity index (χ4v) is 5.09. The maximum atomic E-state index is 12.6. The number of carbonyl (C=O) groups is 1. The number of likely N-dealkylation sites (tertiary alicyclic amines) is 2. The third kappa shape index (κ3) is 5.67. The van der Waals surface area contributed by atoms with Crippen molar-refractivity contribution in [3.05, 3.63) is 59.9 Å². The molecule has 2 fully saturated rings. The Balaban J connectivity index is 1.36. The standard InChI is InChI=1S/C25H34N4O/c1-20-6-4-8-23(16-20)27-25(30)10-9-22-19-28(18-21-7-5-12-26-17-21)15-11-24(22)29-13-2-3-14-29/h4-8,12,16-17,22,24H,2-3,9-11,13-15,18-19H2,1H3,(H,27,30)/t22-,24+/m0/s1. The lowest BCUT2D eigenvalue weighted by atomic mass is 9.86. The molecule has 160 valence electrons. The van der Waals surface area contributed by atoms with Gasteiger partial charge in [0.05, 0.1) is 0 Å². The van der Waals surface area contributed by atoms with Crippen molar-refractivity contribution >= 4 is 11.6 Å². The first-order valence-electron chi connectivity index (χ1n) is 11.4. The van der Waals surface area contributed by atoms with Crippen molar-refractivity contribution in [1.29, 1.82) is 0 Å². The van der Waals surface area contributed by atoms with E-state index in [1.54, 1.807) is 0 Å². The lowest BCUT2D eigenvalue weighted by molar-refractivity contribution is -0.116. The first-order valence-corrected chi connectivity index (χ1v) is 11.4. The molecule has 2 aliphatic rings. The molecule has 1 aromatic carbocycles. The Kier molecular flexibility index (Phi) is 7.13. The summed E-state index contributed by atoms with van der Waals surface area (Å²) in [6, 6.07) is 12.8. The van der Waals surface area contributed by atoms with E-state index in [-0.39, 0.29) is 5.91 Å². The van der Waals surface area contributed by atoms with E-state index in [0.29, 0.717) is 18.4 Å². The molecule has 0 bridgehead atoms. The van der Waals surface area contributed by atoms with E-state index >= 15 is 0 Å². The van der Waals surface area contributed by atoms with E-state index < -0.39 is 0 Å². The van der Waals surface area contributed by atoms with Crippen molar-refractivity contribution < 1.29 is 4.79 Å². The van der Waals surface area contributed by atoms with Crippen LogP contribution in [0.5, 0.6) is 0 Å². The van der Waals surface area contributed by atoms with Crippen molar-refractivity contribution in [2.45, 2.75) is 51.6 Å². The predicted octanol–water partition coefficient (Wildman–Crippen LogP) is 4.10. The smallest absolute Gasteiger partial charge is 0.224 e. The number of anilines is 1. The molecule has 2 aliphatic heterocycles. The van der Waals surface area contributed by atoms with Crippen LogP contribution in [0.15, 0.2) is 48.8 Å². The average molecular weight is 407 g/mol. The molecule has 0 aliphatic carbocycles. The summed E-state index contributed by atoms with van der Waals surface area (Å²) in [7, 11) is 0. The van der Waals surface area contributed by atoms with Crippen LogP contribution in [-0.2, 0) is 11.3 Å². The molecule has 2 atom stereocenters. The van der Waals surface area contributed by atoms with Gasteiger partial charge in [-0.3, -0.25) is 14.7 Å². The molecule has 5 heteroatoms. The number of pyridine rings is 1. The maximum absolute atomic E-state index is 12.6. The number of rotatable bonds is 7. The van der Waals surface area contributed by atoms with Gasteiger partial charge >= 0.3 is 0 Å². The number of hydrogen-bond donors (Lipinski definition) is 1. The lowest BCUT2D eigenvalue weighted by Gasteiger charge is -2.43. The van der Waals surface area contributed by atoms with Crippen LogP contribution in [-0.4, -0.2) is 52.9 Å². The van der Waals surface area contributed by atoms with Gasteiger partial charge in [-0.15, -0.1) is 0 Å². The minimum atomic E-state index is 0.130. The highest BCUT2D eigenvalue weighted by Gasteiger charge is 2.34. The third-order valence-corrected chi connectivity index (χ3v) is 6.56. The van der Waals surface area contributed by atoms with Crippen LogP contribution in [0.25, 0.3) is 0 Å². The van der Waals surface area contributed by atoms with E-state index in [4.69, 9.17) is 0 Å². The van der Waals surface area contributed by atoms with Crippen LogP contribution in [0, 0.1) is 12.8 Å². The Morgan fingerprint density at radius 3 is 2.80 bits per heavy atom. The highest BCUT2D eigenvalue weighted by Crippen LogP contribution is 2.29. The minimum absolute atomic E-state index is 0.130. The van der Waals surface area contributed by atoms with E-state index in [0.717, 1.165) is 31.7 Å². The highest BCUT2D eigenvalue weighted by molar-refractivity contribution is 5.90. The lowest BCUT2D eigenvalue weighted by Crippen LogP contribution is -2.50. The van der Waals surface area contributed by atoms with Gasteiger partial charge < -0.3 is 10.2 Å².